The first-order valence-corrected chi connectivity index (χ1v) is 6.70. The zero-order valence-corrected chi connectivity index (χ0v) is 11.8. The molecule has 0 aromatic carbocycles. The van der Waals surface area contributed by atoms with Crippen molar-refractivity contribution in [2.75, 3.05) is 13.6 Å². The Morgan fingerprint density at radius 3 is 3.00 bits per heavy atom. The predicted octanol–water partition coefficient (Wildman–Crippen LogP) is 1.17. The minimum absolute atomic E-state index is 0.0126. The molecule has 7 nitrogen and oxygen atoms in total. The highest BCUT2D eigenvalue weighted by Crippen LogP contribution is 2.02. The summed E-state index contributed by atoms with van der Waals surface area (Å²) in [6.45, 7) is 0.879. The number of aromatic nitrogens is 2. The summed E-state index contributed by atoms with van der Waals surface area (Å²) >= 11 is 0. The van der Waals surface area contributed by atoms with Gasteiger partial charge in [-0.05, 0) is 18.6 Å². The molecular weight excluding hydrogens is 272 g/mol. The van der Waals surface area contributed by atoms with Gasteiger partial charge >= 0.3 is 0 Å². The summed E-state index contributed by atoms with van der Waals surface area (Å²) in [6.07, 6.45) is 5.76. The van der Waals surface area contributed by atoms with Crippen molar-refractivity contribution in [3.05, 3.63) is 42.4 Å². The van der Waals surface area contributed by atoms with E-state index in [9.17, 15) is 9.59 Å². The average molecular weight is 290 g/mol. The summed E-state index contributed by atoms with van der Waals surface area (Å²) < 4.78 is 4.97. The molecule has 2 aromatic heterocycles. The number of nitrogens with one attached hydrogen (secondary N) is 2. The molecular formula is C14H18N4O3. The molecule has 2 heterocycles. The van der Waals surface area contributed by atoms with Gasteiger partial charge in [-0.1, -0.05) is 0 Å². The number of amides is 2. The molecule has 0 saturated heterocycles. The first-order chi connectivity index (χ1) is 10.2. The SMILES string of the molecule is CN(Cc1ncc[nH]1)C(=O)CCCNC(=O)c1ccco1. The lowest BCUT2D eigenvalue weighted by atomic mass is 10.2. The fourth-order valence-electron chi connectivity index (χ4n) is 1.82. The topological polar surface area (TPSA) is 91.2 Å². The lowest BCUT2D eigenvalue weighted by Crippen LogP contribution is -2.29. The van der Waals surface area contributed by atoms with Crippen LogP contribution in [-0.4, -0.2) is 40.3 Å². The van der Waals surface area contributed by atoms with Crippen molar-refractivity contribution in [3.8, 4) is 0 Å². The summed E-state index contributed by atoms with van der Waals surface area (Å²) in [5, 5.41) is 2.70. The number of imidazole rings is 1. The zero-order chi connectivity index (χ0) is 15.1. The van der Waals surface area contributed by atoms with Gasteiger partial charge in [0.2, 0.25) is 5.91 Å². The molecule has 0 unspecified atom stereocenters. The van der Waals surface area contributed by atoms with E-state index >= 15 is 0 Å². The summed E-state index contributed by atoms with van der Waals surface area (Å²) in [4.78, 5) is 32.1. The number of rotatable bonds is 7. The fourth-order valence-corrected chi connectivity index (χ4v) is 1.82. The first-order valence-electron chi connectivity index (χ1n) is 6.70. The summed E-state index contributed by atoms with van der Waals surface area (Å²) in [7, 11) is 1.73. The van der Waals surface area contributed by atoms with E-state index in [1.54, 1.807) is 36.5 Å². The van der Waals surface area contributed by atoms with Crippen LogP contribution in [0.15, 0.2) is 35.2 Å². The van der Waals surface area contributed by atoms with Crippen LogP contribution < -0.4 is 5.32 Å². The smallest absolute Gasteiger partial charge is 0.286 e. The van der Waals surface area contributed by atoms with E-state index in [4.69, 9.17) is 4.42 Å². The summed E-state index contributed by atoms with van der Waals surface area (Å²) in [5.74, 6) is 0.767. The van der Waals surface area contributed by atoms with Crippen LogP contribution in [0.4, 0.5) is 0 Å². The second kappa shape index (κ2) is 7.28. The predicted molar refractivity (Wildman–Crippen MR) is 75.3 cm³/mol. The first kappa shape index (κ1) is 14.8. The molecule has 2 amide bonds. The van der Waals surface area contributed by atoms with Crippen molar-refractivity contribution in [2.24, 2.45) is 0 Å². The molecule has 21 heavy (non-hydrogen) atoms. The number of hydrogen-bond donors (Lipinski definition) is 2. The minimum atomic E-state index is -0.267. The quantitative estimate of drug-likeness (QED) is 0.749. The van der Waals surface area contributed by atoms with Crippen molar-refractivity contribution in [2.45, 2.75) is 19.4 Å². The van der Waals surface area contributed by atoms with E-state index in [1.807, 2.05) is 0 Å². The second-order valence-electron chi connectivity index (χ2n) is 4.62. The third kappa shape index (κ3) is 4.48. The Hall–Kier alpha value is -2.57. The van der Waals surface area contributed by atoms with Crippen molar-refractivity contribution in [1.29, 1.82) is 0 Å². The number of H-pyrrole nitrogens is 1. The molecule has 0 aliphatic carbocycles. The summed E-state index contributed by atoms with van der Waals surface area (Å²) in [5.41, 5.74) is 0. The highest BCUT2D eigenvalue weighted by Gasteiger charge is 2.11. The maximum atomic E-state index is 11.9. The molecule has 7 heteroatoms. The largest absolute Gasteiger partial charge is 0.459 e. The molecule has 0 fully saturated rings. The Morgan fingerprint density at radius 1 is 1.48 bits per heavy atom. The minimum Gasteiger partial charge on any atom is -0.459 e. The molecule has 2 rings (SSSR count). The fraction of sp³-hybridized carbons (Fsp3) is 0.357. The molecule has 0 radical (unpaired) electrons. The Labute approximate surface area is 122 Å². The molecule has 0 spiro atoms. The normalized spacial score (nSPS) is 10.3. The van der Waals surface area contributed by atoms with Crippen LogP contribution in [0.2, 0.25) is 0 Å². The number of hydrogen-bond acceptors (Lipinski definition) is 4. The van der Waals surface area contributed by atoms with E-state index < -0.39 is 0 Å². The van der Waals surface area contributed by atoms with Crippen LogP contribution in [0.5, 0.6) is 0 Å². The molecule has 2 aromatic rings. The van der Waals surface area contributed by atoms with Crippen molar-refractivity contribution in [1.82, 2.24) is 20.2 Å². The van der Waals surface area contributed by atoms with Crippen molar-refractivity contribution < 1.29 is 14.0 Å². The Balaban J connectivity index is 1.64. The number of carbonyl (C=O) groups excluding carboxylic acids is 2. The molecule has 0 saturated carbocycles. The maximum absolute atomic E-state index is 11.9. The summed E-state index contributed by atoms with van der Waals surface area (Å²) in [6, 6.07) is 3.25. The number of carbonyl (C=O) groups is 2. The van der Waals surface area contributed by atoms with Crippen LogP contribution in [0.25, 0.3) is 0 Å². The molecule has 0 aliphatic heterocycles. The van der Waals surface area contributed by atoms with Crippen LogP contribution >= 0.6 is 0 Å². The molecule has 0 aliphatic rings. The van der Waals surface area contributed by atoms with E-state index in [0.29, 0.717) is 25.9 Å². The maximum Gasteiger partial charge on any atom is 0.286 e. The third-order valence-corrected chi connectivity index (χ3v) is 2.97. The average Bonchev–Trinajstić information content (AvgIpc) is 3.15. The third-order valence-electron chi connectivity index (χ3n) is 2.97. The van der Waals surface area contributed by atoms with Gasteiger partial charge in [0, 0.05) is 32.4 Å². The van der Waals surface area contributed by atoms with Gasteiger partial charge in [0.1, 0.15) is 5.82 Å². The van der Waals surface area contributed by atoms with Crippen LogP contribution in [0.1, 0.15) is 29.2 Å². The van der Waals surface area contributed by atoms with Crippen molar-refractivity contribution in [3.63, 3.8) is 0 Å². The standard InChI is InChI=1S/C14H18N4O3/c1-18(10-12-15-7-8-16-12)13(19)5-2-6-17-14(20)11-4-3-9-21-11/h3-4,7-9H,2,5-6,10H2,1H3,(H,15,16)(H,17,20). The second-order valence-corrected chi connectivity index (χ2v) is 4.62. The number of nitrogens with zero attached hydrogens (tertiary/aromatic N) is 2. The Kier molecular flexibility index (Phi) is 5.14. The Bertz CT molecular complexity index is 563. The van der Waals surface area contributed by atoms with E-state index in [0.717, 1.165) is 5.82 Å². The van der Waals surface area contributed by atoms with E-state index in [1.165, 1.54) is 6.26 Å². The van der Waals surface area contributed by atoms with Gasteiger partial charge in [0.05, 0.1) is 12.8 Å². The van der Waals surface area contributed by atoms with E-state index in [-0.39, 0.29) is 17.6 Å². The van der Waals surface area contributed by atoms with Gasteiger partial charge in [-0.15, -0.1) is 0 Å². The van der Waals surface area contributed by atoms with Gasteiger partial charge in [0.15, 0.2) is 5.76 Å². The van der Waals surface area contributed by atoms with Gasteiger partial charge < -0.3 is 19.6 Å². The highest BCUT2D eigenvalue weighted by molar-refractivity contribution is 5.91. The van der Waals surface area contributed by atoms with Crippen LogP contribution in [-0.2, 0) is 11.3 Å². The van der Waals surface area contributed by atoms with Gasteiger partial charge in [-0.25, -0.2) is 4.98 Å². The molecule has 112 valence electrons. The zero-order valence-electron chi connectivity index (χ0n) is 11.8. The van der Waals surface area contributed by atoms with Gasteiger partial charge in [0.25, 0.3) is 5.91 Å². The highest BCUT2D eigenvalue weighted by atomic mass is 16.3. The van der Waals surface area contributed by atoms with Gasteiger partial charge in [-0.2, -0.15) is 0 Å². The lowest BCUT2D eigenvalue weighted by molar-refractivity contribution is -0.130. The number of furan rings is 1. The molecule has 2 N–H and O–H groups in total. The van der Waals surface area contributed by atoms with Crippen LogP contribution in [0.3, 0.4) is 0 Å². The van der Waals surface area contributed by atoms with Crippen molar-refractivity contribution >= 4 is 11.8 Å². The molecule has 0 bridgehead atoms. The van der Waals surface area contributed by atoms with E-state index in [2.05, 4.69) is 15.3 Å². The van der Waals surface area contributed by atoms with Gasteiger partial charge in [-0.3, -0.25) is 9.59 Å². The molecule has 0 atom stereocenters. The lowest BCUT2D eigenvalue weighted by Gasteiger charge is -2.15. The monoisotopic (exact) mass is 290 g/mol. The number of aromatic amines is 1. The Morgan fingerprint density at radius 2 is 2.33 bits per heavy atom. The van der Waals surface area contributed by atoms with Crippen LogP contribution in [0, 0.1) is 0 Å².